The zero-order valence-corrected chi connectivity index (χ0v) is 11.3. The minimum absolute atomic E-state index is 0.0251. The Hall–Kier alpha value is -0.570. The van der Waals surface area contributed by atoms with E-state index < -0.39 is 0 Å². The van der Waals surface area contributed by atoms with Gasteiger partial charge in [0.05, 0.1) is 12.2 Å². The summed E-state index contributed by atoms with van der Waals surface area (Å²) >= 11 is 0. The molecule has 1 aliphatic heterocycles. The first kappa shape index (κ1) is 13.5. The maximum atomic E-state index is 12.2. The van der Waals surface area contributed by atoms with Crippen LogP contribution >= 0.6 is 0 Å². The quantitative estimate of drug-likeness (QED) is 0.779. The summed E-state index contributed by atoms with van der Waals surface area (Å²) in [5.74, 6) is 1.33. The number of carbonyl (C=O) groups is 1. The fourth-order valence-corrected chi connectivity index (χ4v) is 2.18. The Morgan fingerprint density at radius 3 is 2.38 bits per heavy atom. The van der Waals surface area contributed by atoms with Crippen molar-refractivity contribution < 1.29 is 4.79 Å². The average molecular weight is 226 g/mol. The zero-order chi connectivity index (χ0) is 12.3. The van der Waals surface area contributed by atoms with Gasteiger partial charge in [0.1, 0.15) is 0 Å². The third-order valence-corrected chi connectivity index (χ3v) is 3.30. The smallest absolute Gasteiger partial charge is 0.241 e. The van der Waals surface area contributed by atoms with Crippen molar-refractivity contribution in [2.45, 2.75) is 59.7 Å². The third-order valence-electron chi connectivity index (χ3n) is 3.30. The fourth-order valence-electron chi connectivity index (χ4n) is 2.18. The number of nitrogens with one attached hydrogen (secondary N) is 1. The molecule has 0 bridgehead atoms. The van der Waals surface area contributed by atoms with Crippen LogP contribution in [0.3, 0.4) is 0 Å². The molecular weight excluding hydrogens is 200 g/mol. The van der Waals surface area contributed by atoms with Gasteiger partial charge in [-0.1, -0.05) is 34.6 Å². The van der Waals surface area contributed by atoms with Crippen LogP contribution in [0.5, 0.6) is 0 Å². The van der Waals surface area contributed by atoms with Gasteiger partial charge in [-0.3, -0.25) is 10.1 Å². The van der Waals surface area contributed by atoms with Gasteiger partial charge >= 0.3 is 0 Å². The van der Waals surface area contributed by atoms with E-state index in [9.17, 15) is 4.79 Å². The second-order valence-corrected chi connectivity index (χ2v) is 5.53. The lowest BCUT2D eigenvalue weighted by molar-refractivity contribution is -0.130. The molecule has 0 aromatic rings. The van der Waals surface area contributed by atoms with Crippen molar-refractivity contribution in [2.75, 3.05) is 6.54 Å². The zero-order valence-electron chi connectivity index (χ0n) is 11.3. The van der Waals surface area contributed by atoms with E-state index in [1.807, 2.05) is 4.90 Å². The molecule has 0 saturated carbocycles. The number of hydrogen-bond acceptors (Lipinski definition) is 2. The van der Waals surface area contributed by atoms with E-state index in [1.165, 1.54) is 0 Å². The van der Waals surface area contributed by atoms with Crippen LogP contribution in [0.15, 0.2) is 0 Å². The topological polar surface area (TPSA) is 32.3 Å². The normalized spacial score (nSPS) is 26.2. The summed E-state index contributed by atoms with van der Waals surface area (Å²) in [6.45, 7) is 11.6. The van der Waals surface area contributed by atoms with E-state index in [1.54, 1.807) is 0 Å². The minimum Gasteiger partial charge on any atom is -0.326 e. The van der Waals surface area contributed by atoms with Gasteiger partial charge in [-0.25, -0.2) is 0 Å². The summed E-state index contributed by atoms with van der Waals surface area (Å²) in [5.41, 5.74) is 0. The number of hydrogen-bond donors (Lipinski definition) is 1. The van der Waals surface area contributed by atoms with Crippen molar-refractivity contribution >= 4 is 5.91 Å². The van der Waals surface area contributed by atoms with Gasteiger partial charge in [-0.2, -0.15) is 0 Å². The first-order valence-corrected chi connectivity index (χ1v) is 6.53. The molecule has 16 heavy (non-hydrogen) atoms. The Kier molecular flexibility index (Phi) is 4.78. The molecule has 94 valence electrons. The van der Waals surface area contributed by atoms with E-state index in [-0.39, 0.29) is 12.2 Å². The van der Waals surface area contributed by atoms with Gasteiger partial charge in [-0.05, 0) is 24.7 Å². The van der Waals surface area contributed by atoms with Crippen molar-refractivity contribution in [3.05, 3.63) is 0 Å². The van der Waals surface area contributed by atoms with E-state index in [0.29, 0.717) is 17.7 Å². The van der Waals surface area contributed by atoms with Crippen LogP contribution < -0.4 is 5.32 Å². The number of rotatable bonds is 5. The molecule has 1 saturated heterocycles. The second-order valence-electron chi connectivity index (χ2n) is 5.53. The second kappa shape index (κ2) is 5.67. The van der Waals surface area contributed by atoms with Crippen molar-refractivity contribution in [1.29, 1.82) is 0 Å². The monoisotopic (exact) mass is 226 g/mol. The first-order chi connectivity index (χ1) is 7.47. The Balaban J connectivity index is 2.62. The van der Waals surface area contributed by atoms with Crippen LogP contribution in [0, 0.1) is 11.8 Å². The molecule has 1 amide bonds. The highest BCUT2D eigenvalue weighted by Gasteiger charge is 2.38. The maximum Gasteiger partial charge on any atom is 0.241 e. The average Bonchev–Trinajstić information content (AvgIpc) is 2.52. The molecule has 0 aromatic heterocycles. The Bertz CT molecular complexity index is 238. The molecule has 3 nitrogen and oxygen atoms in total. The summed E-state index contributed by atoms with van der Waals surface area (Å²) in [7, 11) is 0. The van der Waals surface area contributed by atoms with E-state index >= 15 is 0 Å². The number of amides is 1. The van der Waals surface area contributed by atoms with E-state index in [4.69, 9.17) is 0 Å². The van der Waals surface area contributed by atoms with E-state index in [0.717, 1.165) is 19.4 Å². The molecular formula is C13H26N2O. The van der Waals surface area contributed by atoms with Gasteiger partial charge in [0.15, 0.2) is 0 Å². The Labute approximate surface area is 99.6 Å². The van der Waals surface area contributed by atoms with Crippen molar-refractivity contribution in [2.24, 2.45) is 11.8 Å². The molecule has 1 rings (SSSR count). The van der Waals surface area contributed by atoms with Crippen LogP contribution in [-0.4, -0.2) is 29.6 Å². The molecule has 1 N–H and O–H groups in total. The summed E-state index contributed by atoms with van der Waals surface area (Å²) in [6.07, 6.45) is 2.33. The standard InChI is InChI=1S/C13H26N2O/c1-6-11-14-12(10(4)5)13(16)15(11)8-7-9(2)3/h9-12,14H,6-8H2,1-5H3. The van der Waals surface area contributed by atoms with Crippen LogP contribution in [-0.2, 0) is 4.79 Å². The summed E-state index contributed by atoms with van der Waals surface area (Å²) in [4.78, 5) is 14.2. The van der Waals surface area contributed by atoms with Crippen LogP contribution in [0.25, 0.3) is 0 Å². The highest BCUT2D eigenvalue weighted by atomic mass is 16.2. The van der Waals surface area contributed by atoms with Crippen molar-refractivity contribution in [3.8, 4) is 0 Å². The third kappa shape index (κ3) is 2.97. The first-order valence-electron chi connectivity index (χ1n) is 6.53. The van der Waals surface area contributed by atoms with Gasteiger partial charge < -0.3 is 4.90 Å². The van der Waals surface area contributed by atoms with Crippen LogP contribution in [0.1, 0.15) is 47.5 Å². The Morgan fingerprint density at radius 1 is 1.31 bits per heavy atom. The van der Waals surface area contributed by atoms with Gasteiger partial charge in [-0.15, -0.1) is 0 Å². The van der Waals surface area contributed by atoms with Gasteiger partial charge in [0.2, 0.25) is 5.91 Å². The van der Waals surface area contributed by atoms with Crippen LogP contribution in [0.2, 0.25) is 0 Å². The SMILES string of the molecule is CCC1NC(C(C)C)C(=O)N1CCC(C)C. The predicted molar refractivity (Wildman–Crippen MR) is 67.0 cm³/mol. The fraction of sp³-hybridized carbons (Fsp3) is 0.923. The number of nitrogens with zero attached hydrogens (tertiary/aromatic N) is 1. The lowest BCUT2D eigenvalue weighted by atomic mass is 10.0. The molecule has 2 unspecified atom stereocenters. The highest BCUT2D eigenvalue weighted by molar-refractivity contribution is 5.84. The van der Waals surface area contributed by atoms with Crippen molar-refractivity contribution in [3.63, 3.8) is 0 Å². The molecule has 0 aromatic carbocycles. The van der Waals surface area contributed by atoms with Crippen LogP contribution in [0.4, 0.5) is 0 Å². The Morgan fingerprint density at radius 2 is 1.94 bits per heavy atom. The van der Waals surface area contributed by atoms with Crippen molar-refractivity contribution in [1.82, 2.24) is 10.2 Å². The lowest BCUT2D eigenvalue weighted by Gasteiger charge is -2.23. The maximum absolute atomic E-state index is 12.2. The van der Waals surface area contributed by atoms with E-state index in [2.05, 4.69) is 39.9 Å². The molecule has 0 radical (unpaired) electrons. The summed E-state index contributed by atoms with van der Waals surface area (Å²) in [5, 5.41) is 3.44. The van der Waals surface area contributed by atoms with Gasteiger partial charge in [0, 0.05) is 6.54 Å². The number of carbonyl (C=O) groups excluding carboxylic acids is 1. The van der Waals surface area contributed by atoms with Gasteiger partial charge in [0.25, 0.3) is 0 Å². The minimum atomic E-state index is 0.0251. The lowest BCUT2D eigenvalue weighted by Crippen LogP contribution is -2.37. The molecule has 0 spiro atoms. The summed E-state index contributed by atoms with van der Waals surface area (Å²) < 4.78 is 0. The summed E-state index contributed by atoms with van der Waals surface area (Å²) in [6, 6.07) is 0.0251. The highest BCUT2D eigenvalue weighted by Crippen LogP contribution is 2.19. The predicted octanol–water partition coefficient (Wildman–Crippen LogP) is 2.22. The molecule has 2 atom stereocenters. The molecule has 1 heterocycles. The molecule has 0 aliphatic carbocycles. The molecule has 1 aliphatic rings. The molecule has 3 heteroatoms. The molecule has 1 fully saturated rings. The largest absolute Gasteiger partial charge is 0.326 e.